The molecule has 2 aromatic heterocycles. The lowest BCUT2D eigenvalue weighted by molar-refractivity contribution is 0.814. The van der Waals surface area contributed by atoms with Crippen LogP contribution in [0, 0.1) is 0 Å². The number of aryl methyl sites for hydroxylation is 1. The molecule has 3 nitrogen and oxygen atoms in total. The fraction of sp³-hybridized carbons (Fsp3) is 0.333. The van der Waals surface area contributed by atoms with Gasteiger partial charge in [0.25, 0.3) is 0 Å². The lowest BCUT2D eigenvalue weighted by atomic mass is 10.3. The highest BCUT2D eigenvalue weighted by Crippen LogP contribution is 2.27. The number of aromatic nitrogens is 2. The number of thiazole rings is 1. The average molecular weight is 312 g/mol. The third-order valence-electron chi connectivity index (χ3n) is 2.40. The molecule has 90 valence electrons. The molecule has 0 aliphatic rings. The van der Waals surface area contributed by atoms with Crippen molar-refractivity contribution in [2.75, 3.05) is 7.05 Å². The molecule has 2 rings (SSSR count). The Morgan fingerprint density at radius 3 is 2.82 bits per heavy atom. The molecular weight excluding hydrogens is 298 g/mol. The smallest absolute Gasteiger partial charge is 0.142 e. The van der Waals surface area contributed by atoms with Gasteiger partial charge >= 0.3 is 0 Å². The maximum atomic E-state index is 4.65. The maximum absolute atomic E-state index is 4.65. The molecule has 0 saturated carbocycles. The first-order chi connectivity index (χ1) is 8.24. The fourth-order valence-electron chi connectivity index (χ4n) is 1.57. The first-order valence-corrected chi connectivity index (χ1v) is 7.10. The first-order valence-electron chi connectivity index (χ1n) is 5.49. The second-order valence-corrected chi connectivity index (χ2v) is 5.63. The molecule has 2 heterocycles. The SMILES string of the molecule is CCc1nc(-c2ccc(Br)cn2)sc1CNC. The average Bonchev–Trinajstić information content (AvgIpc) is 2.74. The van der Waals surface area contributed by atoms with Crippen molar-refractivity contribution in [3.63, 3.8) is 0 Å². The Bertz CT molecular complexity index is 493. The molecule has 0 fully saturated rings. The van der Waals surface area contributed by atoms with Gasteiger partial charge in [-0.3, -0.25) is 4.98 Å². The van der Waals surface area contributed by atoms with E-state index in [2.05, 4.69) is 38.1 Å². The summed E-state index contributed by atoms with van der Waals surface area (Å²) in [5.41, 5.74) is 2.11. The zero-order valence-corrected chi connectivity index (χ0v) is 12.2. The van der Waals surface area contributed by atoms with E-state index in [0.717, 1.165) is 28.1 Å². The summed E-state index contributed by atoms with van der Waals surface area (Å²) >= 11 is 5.10. The van der Waals surface area contributed by atoms with Crippen molar-refractivity contribution in [1.82, 2.24) is 15.3 Å². The van der Waals surface area contributed by atoms with E-state index in [-0.39, 0.29) is 0 Å². The van der Waals surface area contributed by atoms with Gasteiger partial charge in [-0.1, -0.05) is 6.92 Å². The maximum Gasteiger partial charge on any atom is 0.142 e. The molecule has 0 aromatic carbocycles. The van der Waals surface area contributed by atoms with Crippen molar-refractivity contribution < 1.29 is 0 Å². The van der Waals surface area contributed by atoms with Gasteiger partial charge in [-0.25, -0.2) is 4.98 Å². The summed E-state index contributed by atoms with van der Waals surface area (Å²) in [6.45, 7) is 3.00. The van der Waals surface area contributed by atoms with Crippen molar-refractivity contribution in [2.24, 2.45) is 0 Å². The second-order valence-electron chi connectivity index (χ2n) is 3.63. The zero-order chi connectivity index (χ0) is 12.3. The quantitative estimate of drug-likeness (QED) is 0.942. The van der Waals surface area contributed by atoms with Crippen molar-refractivity contribution in [3.8, 4) is 10.7 Å². The highest BCUT2D eigenvalue weighted by Gasteiger charge is 2.11. The van der Waals surface area contributed by atoms with Crippen LogP contribution in [0.5, 0.6) is 0 Å². The molecule has 0 aliphatic carbocycles. The van der Waals surface area contributed by atoms with E-state index in [9.17, 15) is 0 Å². The van der Waals surface area contributed by atoms with Gasteiger partial charge in [0.15, 0.2) is 0 Å². The number of nitrogens with one attached hydrogen (secondary N) is 1. The molecule has 0 aliphatic heterocycles. The van der Waals surface area contributed by atoms with Crippen LogP contribution in [-0.4, -0.2) is 17.0 Å². The van der Waals surface area contributed by atoms with E-state index in [0.29, 0.717) is 0 Å². The third kappa shape index (κ3) is 2.91. The number of hydrogen-bond donors (Lipinski definition) is 1. The molecule has 0 spiro atoms. The fourth-order valence-corrected chi connectivity index (χ4v) is 2.94. The molecule has 0 amide bonds. The largest absolute Gasteiger partial charge is 0.315 e. The Hall–Kier alpha value is -0.780. The topological polar surface area (TPSA) is 37.8 Å². The molecule has 17 heavy (non-hydrogen) atoms. The summed E-state index contributed by atoms with van der Waals surface area (Å²) in [7, 11) is 1.96. The van der Waals surface area contributed by atoms with Gasteiger partial charge in [-0.2, -0.15) is 0 Å². The van der Waals surface area contributed by atoms with Crippen molar-refractivity contribution >= 4 is 27.3 Å². The van der Waals surface area contributed by atoms with Crippen LogP contribution in [0.2, 0.25) is 0 Å². The predicted molar refractivity (Wildman–Crippen MR) is 75.2 cm³/mol. The van der Waals surface area contributed by atoms with Crippen molar-refractivity contribution in [1.29, 1.82) is 0 Å². The summed E-state index contributed by atoms with van der Waals surface area (Å²) in [4.78, 5) is 10.3. The summed E-state index contributed by atoms with van der Waals surface area (Å²) in [6.07, 6.45) is 2.77. The number of hydrogen-bond acceptors (Lipinski definition) is 4. The Labute approximate surface area is 113 Å². The van der Waals surface area contributed by atoms with E-state index in [4.69, 9.17) is 0 Å². The highest BCUT2D eigenvalue weighted by atomic mass is 79.9. The summed E-state index contributed by atoms with van der Waals surface area (Å²) in [6, 6.07) is 3.98. The number of nitrogens with zero attached hydrogens (tertiary/aromatic N) is 2. The van der Waals surface area contributed by atoms with E-state index < -0.39 is 0 Å². The van der Waals surface area contributed by atoms with Crippen molar-refractivity contribution in [2.45, 2.75) is 19.9 Å². The Morgan fingerprint density at radius 1 is 1.41 bits per heavy atom. The van der Waals surface area contributed by atoms with E-state index in [1.54, 1.807) is 17.5 Å². The van der Waals surface area contributed by atoms with E-state index >= 15 is 0 Å². The number of halogens is 1. The van der Waals surface area contributed by atoms with E-state index in [1.165, 1.54) is 10.6 Å². The Balaban J connectivity index is 2.35. The molecule has 1 N–H and O–H groups in total. The third-order valence-corrected chi connectivity index (χ3v) is 3.99. The lowest BCUT2D eigenvalue weighted by Crippen LogP contribution is -2.05. The number of pyridine rings is 1. The van der Waals surface area contributed by atoms with Crippen LogP contribution in [0.4, 0.5) is 0 Å². The Morgan fingerprint density at radius 2 is 2.24 bits per heavy atom. The predicted octanol–water partition coefficient (Wildman–Crippen LogP) is 3.25. The highest BCUT2D eigenvalue weighted by molar-refractivity contribution is 9.10. The van der Waals surface area contributed by atoms with Gasteiger partial charge in [-0.15, -0.1) is 11.3 Å². The van der Waals surface area contributed by atoms with Gasteiger partial charge in [0.2, 0.25) is 0 Å². The van der Waals surface area contributed by atoms with Crippen molar-refractivity contribution in [3.05, 3.63) is 33.4 Å². The van der Waals surface area contributed by atoms with Gasteiger partial charge in [0.05, 0.1) is 11.4 Å². The standard InChI is InChI=1S/C12H14BrN3S/c1-3-9-11(7-14-2)17-12(16-9)10-5-4-8(13)6-15-10/h4-6,14H,3,7H2,1-2H3. The van der Waals surface area contributed by atoms with Crippen LogP contribution in [0.3, 0.4) is 0 Å². The second kappa shape index (κ2) is 5.71. The molecule has 0 bridgehead atoms. The molecule has 0 radical (unpaired) electrons. The van der Waals surface area contributed by atoms with Gasteiger partial charge < -0.3 is 5.32 Å². The van der Waals surface area contributed by atoms with Crippen LogP contribution < -0.4 is 5.32 Å². The summed E-state index contributed by atoms with van der Waals surface area (Å²) in [5.74, 6) is 0. The van der Waals surface area contributed by atoms with Gasteiger partial charge in [0, 0.05) is 22.1 Å². The van der Waals surface area contributed by atoms with Gasteiger partial charge in [0.1, 0.15) is 5.01 Å². The molecule has 0 unspecified atom stereocenters. The van der Waals surface area contributed by atoms with Crippen LogP contribution >= 0.6 is 27.3 Å². The van der Waals surface area contributed by atoms with Crippen LogP contribution in [0.25, 0.3) is 10.7 Å². The molecular formula is C12H14BrN3S. The minimum absolute atomic E-state index is 0.872. The van der Waals surface area contributed by atoms with Gasteiger partial charge in [-0.05, 0) is 41.5 Å². The van der Waals surface area contributed by atoms with E-state index in [1.807, 2.05) is 19.2 Å². The van der Waals surface area contributed by atoms with Crippen LogP contribution in [0.1, 0.15) is 17.5 Å². The monoisotopic (exact) mass is 311 g/mol. The normalized spacial score (nSPS) is 10.8. The number of rotatable bonds is 4. The molecule has 0 atom stereocenters. The minimum atomic E-state index is 0.872. The first kappa shape index (κ1) is 12.7. The van der Waals surface area contributed by atoms with Crippen LogP contribution in [-0.2, 0) is 13.0 Å². The molecule has 5 heteroatoms. The summed E-state index contributed by atoms with van der Waals surface area (Å²) < 4.78 is 0.990. The zero-order valence-electron chi connectivity index (χ0n) is 9.83. The molecule has 2 aromatic rings. The van der Waals surface area contributed by atoms with Crippen LogP contribution in [0.15, 0.2) is 22.8 Å². The molecule has 0 saturated heterocycles. The summed E-state index contributed by atoms with van der Waals surface area (Å²) in [5, 5.41) is 4.17. The minimum Gasteiger partial charge on any atom is -0.315 e. The Kier molecular flexibility index (Phi) is 4.25. The lowest BCUT2D eigenvalue weighted by Gasteiger charge is -1.96.